The molecule has 1 aliphatic heterocycles. The second-order valence-corrected chi connectivity index (χ2v) is 5.73. The van der Waals surface area contributed by atoms with Crippen LogP contribution < -0.4 is 16.4 Å². The Morgan fingerprint density at radius 2 is 2.00 bits per heavy atom. The zero-order valence-electron chi connectivity index (χ0n) is 13.3. The Labute approximate surface area is 140 Å². The molecule has 0 atom stereocenters. The van der Waals surface area contributed by atoms with Crippen molar-refractivity contribution in [2.24, 2.45) is 5.73 Å². The summed E-state index contributed by atoms with van der Waals surface area (Å²) in [5.41, 5.74) is 9.04. The molecule has 0 aliphatic carbocycles. The molecule has 1 amide bonds. The molecule has 3 rings (SSSR count). The fourth-order valence-electron chi connectivity index (χ4n) is 2.71. The molecule has 5 heteroatoms. The Morgan fingerprint density at radius 3 is 2.62 bits per heavy atom. The number of amides is 1. The topological polar surface area (TPSA) is 67.1 Å². The predicted octanol–water partition coefficient (Wildman–Crippen LogP) is 2.91. The summed E-state index contributed by atoms with van der Waals surface area (Å²) >= 11 is 0. The summed E-state index contributed by atoms with van der Waals surface area (Å²) in [6.45, 7) is 2.04. The Morgan fingerprint density at radius 1 is 1.21 bits per heavy atom. The van der Waals surface area contributed by atoms with Gasteiger partial charge in [-0.1, -0.05) is 24.3 Å². The van der Waals surface area contributed by atoms with Gasteiger partial charge in [-0.3, -0.25) is 4.79 Å². The first-order valence-corrected chi connectivity index (χ1v) is 7.97. The van der Waals surface area contributed by atoms with Crippen LogP contribution >= 0.6 is 0 Å². The van der Waals surface area contributed by atoms with Crippen LogP contribution in [-0.2, 0) is 6.54 Å². The Kier molecular flexibility index (Phi) is 5.03. The number of halogens is 1. The van der Waals surface area contributed by atoms with E-state index >= 15 is 0 Å². The average Bonchev–Trinajstić information content (AvgIpc) is 2.63. The first kappa shape index (κ1) is 16.4. The van der Waals surface area contributed by atoms with Gasteiger partial charge in [0.05, 0.1) is 0 Å². The van der Waals surface area contributed by atoms with E-state index in [-0.39, 0.29) is 11.7 Å². The summed E-state index contributed by atoms with van der Waals surface area (Å²) < 4.78 is 14.4. The van der Waals surface area contributed by atoms with E-state index in [2.05, 4.69) is 10.6 Å². The second kappa shape index (κ2) is 7.38. The first-order valence-electron chi connectivity index (χ1n) is 7.97. The highest BCUT2D eigenvalue weighted by Gasteiger charge is 2.14. The van der Waals surface area contributed by atoms with E-state index in [1.165, 1.54) is 6.07 Å². The number of nitrogens with one attached hydrogen (secondary N) is 2. The van der Waals surface area contributed by atoms with E-state index in [4.69, 9.17) is 5.73 Å². The van der Waals surface area contributed by atoms with Crippen LogP contribution in [0.15, 0.2) is 48.5 Å². The van der Waals surface area contributed by atoms with Gasteiger partial charge in [-0.15, -0.1) is 0 Å². The lowest BCUT2D eigenvalue weighted by Crippen LogP contribution is -2.20. The summed E-state index contributed by atoms with van der Waals surface area (Å²) in [6.07, 6.45) is 2.77. The van der Waals surface area contributed by atoms with Crippen molar-refractivity contribution < 1.29 is 9.18 Å². The quantitative estimate of drug-likeness (QED) is 0.810. The summed E-state index contributed by atoms with van der Waals surface area (Å²) in [4.78, 5) is 12.3. The maximum atomic E-state index is 14.4. The van der Waals surface area contributed by atoms with Crippen molar-refractivity contribution in [3.05, 3.63) is 71.0 Å². The van der Waals surface area contributed by atoms with Crippen LogP contribution in [0.2, 0.25) is 0 Å². The first-order chi connectivity index (χ1) is 11.7. The summed E-state index contributed by atoms with van der Waals surface area (Å²) in [7, 11) is 0. The van der Waals surface area contributed by atoms with Gasteiger partial charge in [-0.05, 0) is 48.4 Å². The lowest BCUT2D eigenvalue weighted by molar-refractivity contribution is 0.102. The van der Waals surface area contributed by atoms with Gasteiger partial charge in [0, 0.05) is 29.9 Å². The van der Waals surface area contributed by atoms with E-state index in [1.807, 2.05) is 18.2 Å². The SMILES string of the molecule is NCc1ccc(NC(=O)c2ccc(C3=CCNCC3)c(F)c2)cc1. The third-order valence-corrected chi connectivity index (χ3v) is 4.09. The maximum absolute atomic E-state index is 14.4. The van der Waals surface area contributed by atoms with E-state index in [9.17, 15) is 9.18 Å². The highest BCUT2D eigenvalue weighted by atomic mass is 19.1. The van der Waals surface area contributed by atoms with Crippen molar-refractivity contribution >= 4 is 17.2 Å². The molecule has 2 aromatic rings. The molecule has 0 saturated carbocycles. The van der Waals surface area contributed by atoms with Crippen LogP contribution in [0.1, 0.15) is 27.9 Å². The van der Waals surface area contributed by atoms with Gasteiger partial charge < -0.3 is 16.4 Å². The lowest BCUT2D eigenvalue weighted by Gasteiger charge is -2.15. The number of rotatable bonds is 4. The highest BCUT2D eigenvalue weighted by molar-refractivity contribution is 6.04. The Hall–Kier alpha value is -2.50. The van der Waals surface area contributed by atoms with Gasteiger partial charge in [0.1, 0.15) is 5.82 Å². The van der Waals surface area contributed by atoms with Gasteiger partial charge in [0.15, 0.2) is 0 Å². The number of nitrogens with two attached hydrogens (primary N) is 1. The summed E-state index contributed by atoms with van der Waals surface area (Å²) in [5, 5.41) is 5.96. The van der Waals surface area contributed by atoms with Crippen molar-refractivity contribution in [1.29, 1.82) is 0 Å². The third-order valence-electron chi connectivity index (χ3n) is 4.09. The van der Waals surface area contributed by atoms with Crippen molar-refractivity contribution in [2.45, 2.75) is 13.0 Å². The second-order valence-electron chi connectivity index (χ2n) is 5.73. The fraction of sp³-hybridized carbons (Fsp3) is 0.211. The maximum Gasteiger partial charge on any atom is 0.255 e. The Bertz CT molecular complexity index is 769. The van der Waals surface area contributed by atoms with Crippen LogP contribution in [0, 0.1) is 5.82 Å². The molecule has 124 valence electrons. The Balaban J connectivity index is 1.75. The van der Waals surface area contributed by atoms with Crippen molar-refractivity contribution in [2.75, 3.05) is 18.4 Å². The largest absolute Gasteiger partial charge is 0.326 e. The van der Waals surface area contributed by atoms with Crippen molar-refractivity contribution in [3.63, 3.8) is 0 Å². The molecule has 1 heterocycles. The molecule has 2 aromatic carbocycles. The molecule has 0 fully saturated rings. The van der Waals surface area contributed by atoms with Gasteiger partial charge >= 0.3 is 0 Å². The molecule has 0 bridgehead atoms. The number of benzene rings is 2. The third kappa shape index (κ3) is 3.69. The summed E-state index contributed by atoms with van der Waals surface area (Å²) in [5.74, 6) is -0.700. The van der Waals surface area contributed by atoms with Gasteiger partial charge in [0.25, 0.3) is 5.91 Å². The van der Waals surface area contributed by atoms with E-state index in [0.29, 0.717) is 23.4 Å². The van der Waals surface area contributed by atoms with E-state index < -0.39 is 0 Å². The standard InChI is InChI=1S/C19H20FN3O/c20-18-11-15(3-6-17(18)14-7-9-22-10-8-14)19(24)23-16-4-1-13(12-21)2-5-16/h1-7,11,22H,8-10,12,21H2,(H,23,24). The molecule has 4 nitrogen and oxygen atoms in total. The van der Waals surface area contributed by atoms with Crippen molar-refractivity contribution in [3.8, 4) is 0 Å². The smallest absolute Gasteiger partial charge is 0.255 e. The van der Waals surface area contributed by atoms with Crippen LogP contribution in [0.5, 0.6) is 0 Å². The zero-order chi connectivity index (χ0) is 16.9. The molecule has 24 heavy (non-hydrogen) atoms. The predicted molar refractivity (Wildman–Crippen MR) is 94.2 cm³/mol. The van der Waals surface area contributed by atoms with Crippen molar-refractivity contribution in [1.82, 2.24) is 5.32 Å². The lowest BCUT2D eigenvalue weighted by atomic mass is 9.98. The van der Waals surface area contributed by atoms with Crippen LogP contribution in [0.3, 0.4) is 0 Å². The average molecular weight is 325 g/mol. The molecular weight excluding hydrogens is 305 g/mol. The minimum Gasteiger partial charge on any atom is -0.326 e. The number of carbonyl (C=O) groups excluding carboxylic acids is 1. The van der Waals surface area contributed by atoms with Crippen LogP contribution in [-0.4, -0.2) is 19.0 Å². The van der Waals surface area contributed by atoms with Crippen LogP contribution in [0.25, 0.3) is 5.57 Å². The monoisotopic (exact) mass is 325 g/mol. The number of hydrogen-bond donors (Lipinski definition) is 3. The number of anilines is 1. The number of hydrogen-bond acceptors (Lipinski definition) is 3. The number of carbonyl (C=O) groups is 1. The normalized spacial score (nSPS) is 14.2. The highest BCUT2D eigenvalue weighted by Crippen LogP contribution is 2.24. The molecule has 0 aromatic heterocycles. The van der Waals surface area contributed by atoms with E-state index in [1.54, 1.807) is 24.3 Å². The van der Waals surface area contributed by atoms with E-state index in [0.717, 1.165) is 30.6 Å². The molecule has 0 unspecified atom stereocenters. The molecule has 0 spiro atoms. The molecule has 0 radical (unpaired) electrons. The minimum absolute atomic E-state index is 0.300. The molecule has 1 aliphatic rings. The minimum atomic E-state index is -0.366. The fourth-order valence-corrected chi connectivity index (χ4v) is 2.71. The van der Waals surface area contributed by atoms with Gasteiger partial charge in [0.2, 0.25) is 0 Å². The molecule has 0 saturated heterocycles. The molecular formula is C19H20FN3O. The van der Waals surface area contributed by atoms with Crippen LogP contribution in [0.4, 0.5) is 10.1 Å². The molecule has 4 N–H and O–H groups in total. The zero-order valence-corrected chi connectivity index (χ0v) is 13.3. The summed E-state index contributed by atoms with van der Waals surface area (Å²) in [6, 6.07) is 11.9. The van der Waals surface area contributed by atoms with Gasteiger partial charge in [-0.2, -0.15) is 0 Å². The van der Waals surface area contributed by atoms with Gasteiger partial charge in [-0.25, -0.2) is 4.39 Å².